The second kappa shape index (κ2) is 9.79. The number of aromatic nitrogens is 2. The number of ether oxygens (including phenoxy) is 3. The van der Waals surface area contributed by atoms with Crippen LogP contribution in [0.3, 0.4) is 0 Å². The molecule has 1 aromatic carbocycles. The van der Waals surface area contributed by atoms with Crippen LogP contribution in [0.15, 0.2) is 30.3 Å². The minimum atomic E-state index is -0.106. The summed E-state index contributed by atoms with van der Waals surface area (Å²) in [4.78, 5) is 20.3. The van der Waals surface area contributed by atoms with E-state index < -0.39 is 0 Å². The molecule has 2 heterocycles. The van der Waals surface area contributed by atoms with Crippen molar-refractivity contribution in [2.75, 3.05) is 25.6 Å². The van der Waals surface area contributed by atoms with Crippen molar-refractivity contribution in [1.82, 2.24) is 15.3 Å². The molecule has 0 unspecified atom stereocenters. The Morgan fingerprint density at radius 1 is 1.18 bits per heavy atom. The number of hydrogen-bond acceptors (Lipinski definition) is 7. The lowest BCUT2D eigenvalue weighted by molar-refractivity contribution is -0.118. The number of nitrogens with one attached hydrogen (secondary N) is 2. The van der Waals surface area contributed by atoms with Gasteiger partial charge in [-0.3, -0.25) is 4.79 Å². The second-order valence-electron chi connectivity index (χ2n) is 8.93. The summed E-state index contributed by atoms with van der Waals surface area (Å²) in [6, 6.07) is 6.46. The van der Waals surface area contributed by atoms with E-state index in [2.05, 4.69) is 26.7 Å². The van der Waals surface area contributed by atoms with E-state index >= 15 is 0 Å². The summed E-state index contributed by atoms with van der Waals surface area (Å²) in [7, 11) is 1.70. The van der Waals surface area contributed by atoms with Gasteiger partial charge in [0.25, 0.3) is 5.91 Å². The zero-order valence-electron chi connectivity index (χ0n) is 18.9. The highest BCUT2D eigenvalue weighted by Crippen LogP contribution is 2.31. The average molecular weight is 451 g/mol. The molecule has 1 amide bonds. The molecule has 8 nitrogen and oxygen atoms in total. The molecular weight excluding hydrogens is 420 g/mol. The standard InChI is InChI=1S/C25H30N4O4/c1-31-19-7-8-21-20(11-19)25(28-15-27-21)33-13-16-2-5-18(6-3-16)26-12-17-4-9-23-22(10-17)29-24(30)14-32-23/h4,9-11,15-16,18,26H,2-3,5-8,12-14H2,1H3,(H,29,30). The highest BCUT2D eigenvalue weighted by atomic mass is 16.5. The van der Waals surface area contributed by atoms with Gasteiger partial charge < -0.3 is 24.8 Å². The fourth-order valence-electron chi connectivity index (χ4n) is 4.74. The van der Waals surface area contributed by atoms with Crippen molar-refractivity contribution in [1.29, 1.82) is 0 Å². The van der Waals surface area contributed by atoms with Gasteiger partial charge in [-0.2, -0.15) is 0 Å². The maximum atomic E-state index is 11.5. The minimum Gasteiger partial charge on any atom is -0.501 e. The van der Waals surface area contributed by atoms with Crippen molar-refractivity contribution in [3.05, 3.63) is 47.1 Å². The molecular formula is C25H30N4O4. The van der Waals surface area contributed by atoms with Crippen molar-refractivity contribution in [3.63, 3.8) is 0 Å². The highest BCUT2D eigenvalue weighted by Gasteiger charge is 2.23. The van der Waals surface area contributed by atoms with Gasteiger partial charge in [-0.25, -0.2) is 9.97 Å². The van der Waals surface area contributed by atoms with E-state index in [9.17, 15) is 4.79 Å². The van der Waals surface area contributed by atoms with Gasteiger partial charge >= 0.3 is 0 Å². The number of methoxy groups -OCH3 is 1. The molecule has 3 aliphatic rings. The minimum absolute atomic E-state index is 0.0855. The normalized spacial score (nSPS) is 21.7. The third-order valence-corrected chi connectivity index (χ3v) is 6.68. The average Bonchev–Trinajstić information content (AvgIpc) is 2.86. The molecule has 0 radical (unpaired) electrons. The van der Waals surface area contributed by atoms with E-state index in [0.29, 0.717) is 24.4 Å². The first-order valence-electron chi connectivity index (χ1n) is 11.7. The molecule has 1 saturated carbocycles. The lowest BCUT2D eigenvalue weighted by Crippen LogP contribution is -2.34. The molecule has 2 aromatic rings. The number of aryl methyl sites for hydroxylation is 1. The highest BCUT2D eigenvalue weighted by molar-refractivity contribution is 5.95. The van der Waals surface area contributed by atoms with Crippen molar-refractivity contribution in [2.45, 2.75) is 51.1 Å². The Labute approximate surface area is 193 Å². The summed E-state index contributed by atoms with van der Waals surface area (Å²) >= 11 is 0. The first kappa shape index (κ1) is 21.7. The van der Waals surface area contributed by atoms with E-state index in [0.717, 1.165) is 79.1 Å². The molecule has 0 bridgehead atoms. The number of fused-ring (bicyclic) bond motifs is 2. The van der Waals surface area contributed by atoms with Gasteiger partial charge in [0, 0.05) is 19.0 Å². The second-order valence-corrected chi connectivity index (χ2v) is 8.93. The van der Waals surface area contributed by atoms with Crippen LogP contribution in [0.1, 0.15) is 48.9 Å². The van der Waals surface area contributed by atoms with Gasteiger partial charge in [0.1, 0.15) is 12.1 Å². The van der Waals surface area contributed by atoms with Crippen molar-refractivity contribution >= 4 is 17.7 Å². The van der Waals surface area contributed by atoms with Crippen LogP contribution < -0.4 is 20.1 Å². The molecule has 0 saturated heterocycles. The largest absolute Gasteiger partial charge is 0.501 e. The third-order valence-electron chi connectivity index (χ3n) is 6.68. The van der Waals surface area contributed by atoms with Gasteiger partial charge in [0.2, 0.25) is 5.88 Å². The molecule has 0 spiro atoms. The van der Waals surface area contributed by atoms with E-state index in [1.54, 1.807) is 13.4 Å². The number of allylic oxidation sites excluding steroid dienone is 1. The quantitative estimate of drug-likeness (QED) is 0.667. The fourth-order valence-corrected chi connectivity index (χ4v) is 4.74. The summed E-state index contributed by atoms with van der Waals surface area (Å²) in [5, 5.41) is 6.54. The van der Waals surface area contributed by atoms with Gasteiger partial charge in [-0.15, -0.1) is 0 Å². The number of amides is 1. The summed E-state index contributed by atoms with van der Waals surface area (Å²) in [5.74, 6) is 2.77. The maximum absolute atomic E-state index is 11.5. The number of benzene rings is 1. The third kappa shape index (κ3) is 5.11. The zero-order valence-corrected chi connectivity index (χ0v) is 18.9. The molecule has 2 aliphatic carbocycles. The van der Waals surface area contributed by atoms with Gasteiger partial charge in [0.15, 0.2) is 6.61 Å². The van der Waals surface area contributed by atoms with Gasteiger partial charge in [-0.05, 0) is 61.8 Å². The Morgan fingerprint density at radius 3 is 2.91 bits per heavy atom. The van der Waals surface area contributed by atoms with Crippen LogP contribution in [0.4, 0.5) is 5.69 Å². The van der Waals surface area contributed by atoms with Gasteiger partial charge in [0.05, 0.1) is 36.4 Å². The van der Waals surface area contributed by atoms with Crippen molar-refractivity contribution in [3.8, 4) is 11.6 Å². The zero-order chi connectivity index (χ0) is 22.6. The number of nitrogens with zero attached hydrogens (tertiary/aromatic N) is 2. The molecule has 2 N–H and O–H groups in total. The molecule has 8 heteroatoms. The Balaban J connectivity index is 1.09. The van der Waals surface area contributed by atoms with Crippen LogP contribution in [0.25, 0.3) is 6.08 Å². The van der Waals surface area contributed by atoms with Gasteiger partial charge in [-0.1, -0.05) is 6.07 Å². The monoisotopic (exact) mass is 450 g/mol. The molecule has 174 valence electrons. The van der Waals surface area contributed by atoms with E-state index in [-0.39, 0.29) is 12.5 Å². The molecule has 5 rings (SSSR count). The molecule has 1 aliphatic heterocycles. The summed E-state index contributed by atoms with van der Waals surface area (Å²) in [6.07, 6.45) is 9.81. The molecule has 0 atom stereocenters. The maximum Gasteiger partial charge on any atom is 0.262 e. The smallest absolute Gasteiger partial charge is 0.262 e. The number of carbonyl (C=O) groups excluding carboxylic acids is 1. The van der Waals surface area contributed by atoms with Crippen molar-refractivity contribution < 1.29 is 19.0 Å². The first-order chi connectivity index (χ1) is 16.2. The lowest BCUT2D eigenvalue weighted by Gasteiger charge is -2.29. The van der Waals surface area contributed by atoms with Crippen LogP contribution in [-0.4, -0.2) is 42.2 Å². The Hall–Kier alpha value is -3.13. The first-order valence-corrected chi connectivity index (χ1v) is 11.7. The number of carbonyl (C=O) groups is 1. The molecule has 1 aromatic heterocycles. The number of anilines is 1. The van der Waals surface area contributed by atoms with E-state index in [4.69, 9.17) is 14.2 Å². The SMILES string of the molecule is COC1=Cc2c(ncnc2OCC2CCC(NCc3ccc4c(c3)NC(=O)CO4)CC2)CC1. The summed E-state index contributed by atoms with van der Waals surface area (Å²) in [6.45, 7) is 1.54. The van der Waals surface area contributed by atoms with E-state index in [1.807, 2.05) is 18.2 Å². The Morgan fingerprint density at radius 2 is 2.06 bits per heavy atom. The van der Waals surface area contributed by atoms with Crippen LogP contribution in [0.2, 0.25) is 0 Å². The predicted octanol–water partition coefficient (Wildman–Crippen LogP) is 3.47. The topological polar surface area (TPSA) is 94.6 Å². The van der Waals surface area contributed by atoms with Crippen LogP contribution in [-0.2, 0) is 22.5 Å². The summed E-state index contributed by atoms with van der Waals surface area (Å²) < 4.78 is 17.0. The molecule has 33 heavy (non-hydrogen) atoms. The number of hydrogen-bond donors (Lipinski definition) is 2. The Kier molecular flexibility index (Phi) is 6.44. The van der Waals surface area contributed by atoms with E-state index in [1.165, 1.54) is 0 Å². The van der Waals surface area contributed by atoms with Crippen LogP contribution >= 0.6 is 0 Å². The predicted molar refractivity (Wildman–Crippen MR) is 124 cm³/mol. The number of rotatable bonds is 7. The van der Waals surface area contributed by atoms with Crippen molar-refractivity contribution in [2.24, 2.45) is 5.92 Å². The van der Waals surface area contributed by atoms with Crippen LogP contribution in [0.5, 0.6) is 11.6 Å². The lowest BCUT2D eigenvalue weighted by atomic mass is 9.86. The fraction of sp³-hybridized carbons (Fsp3) is 0.480. The van der Waals surface area contributed by atoms with Crippen LogP contribution in [0, 0.1) is 5.92 Å². The Bertz CT molecular complexity index is 1050. The molecule has 1 fully saturated rings. The summed E-state index contributed by atoms with van der Waals surface area (Å²) in [5.41, 5.74) is 3.89.